The summed E-state index contributed by atoms with van der Waals surface area (Å²) in [5, 5.41) is 12.6. The van der Waals surface area contributed by atoms with Crippen LogP contribution in [0.3, 0.4) is 0 Å². The molecular formula is C35H38ClN3O7. The van der Waals surface area contributed by atoms with Crippen molar-refractivity contribution in [2.45, 2.75) is 56.0 Å². The lowest BCUT2D eigenvalue weighted by molar-refractivity contribution is -0.159. The minimum absolute atomic E-state index is 0.0277. The fourth-order valence-corrected chi connectivity index (χ4v) is 7.34. The van der Waals surface area contributed by atoms with Gasteiger partial charge in [-0.15, -0.1) is 0 Å². The fraction of sp³-hybridized carbons (Fsp3) is 0.429. The maximum absolute atomic E-state index is 14.6. The van der Waals surface area contributed by atoms with Crippen molar-refractivity contribution in [3.63, 3.8) is 0 Å². The van der Waals surface area contributed by atoms with Gasteiger partial charge in [-0.3, -0.25) is 19.2 Å². The van der Waals surface area contributed by atoms with Crippen LogP contribution in [0.4, 0.5) is 5.69 Å². The van der Waals surface area contributed by atoms with Crippen LogP contribution < -0.4 is 10.2 Å². The molecule has 4 aliphatic heterocycles. The summed E-state index contributed by atoms with van der Waals surface area (Å²) in [5.74, 6) is -3.60. The molecule has 46 heavy (non-hydrogen) atoms. The number of para-hydroxylation sites is 1. The van der Waals surface area contributed by atoms with Gasteiger partial charge in [0.05, 0.1) is 29.3 Å². The lowest BCUT2D eigenvalue weighted by Crippen LogP contribution is -2.55. The highest BCUT2D eigenvalue weighted by Gasteiger charge is 2.71. The number of rotatable bonds is 7. The number of benzene rings is 2. The van der Waals surface area contributed by atoms with Gasteiger partial charge in [0.1, 0.15) is 23.7 Å². The molecule has 11 heteroatoms. The van der Waals surface area contributed by atoms with Crippen molar-refractivity contribution in [3.05, 3.63) is 89.5 Å². The molecule has 4 heterocycles. The molecule has 0 aliphatic carbocycles. The minimum atomic E-state index is -1.45. The van der Waals surface area contributed by atoms with E-state index in [1.165, 1.54) is 0 Å². The van der Waals surface area contributed by atoms with E-state index in [4.69, 9.17) is 21.1 Å². The molecule has 0 unspecified atom stereocenters. The molecule has 3 amide bonds. The van der Waals surface area contributed by atoms with Crippen LogP contribution in [0.1, 0.15) is 43.8 Å². The lowest BCUT2D eigenvalue weighted by Gasteiger charge is -2.35. The van der Waals surface area contributed by atoms with Crippen LogP contribution in [0, 0.1) is 11.8 Å². The van der Waals surface area contributed by atoms with E-state index in [1.807, 2.05) is 30.3 Å². The quantitative estimate of drug-likeness (QED) is 0.267. The van der Waals surface area contributed by atoms with E-state index in [0.717, 1.165) is 0 Å². The zero-order chi connectivity index (χ0) is 32.3. The van der Waals surface area contributed by atoms with Crippen molar-refractivity contribution in [3.8, 4) is 0 Å². The van der Waals surface area contributed by atoms with Crippen LogP contribution in [0.25, 0.3) is 0 Å². The van der Waals surface area contributed by atoms with Crippen molar-refractivity contribution in [1.82, 2.24) is 10.2 Å². The summed E-state index contributed by atoms with van der Waals surface area (Å²) in [4.78, 5) is 59.0. The van der Waals surface area contributed by atoms with Crippen LogP contribution in [0.15, 0.2) is 78.9 Å². The Morgan fingerprint density at radius 1 is 0.957 bits per heavy atom. The number of halogens is 1. The molecule has 0 bridgehead atoms. The monoisotopic (exact) mass is 647 g/mol. The SMILES string of the molecule is O=C1CC/C=C\[C@H]2O[C@]34C=CCN(c5ccccc5Cl)C(=O)[C@H]3N(CCCCCO)C(=O)[C@@H]4[C@H]2C(=O)O[C@H](c2ccccc2)CN1. The van der Waals surface area contributed by atoms with E-state index in [0.29, 0.717) is 42.0 Å². The molecule has 4 aliphatic rings. The predicted octanol–water partition coefficient (Wildman–Crippen LogP) is 3.74. The lowest BCUT2D eigenvalue weighted by atomic mass is 9.78. The number of hydrogen-bond donors (Lipinski definition) is 2. The summed E-state index contributed by atoms with van der Waals surface area (Å²) in [7, 11) is 0. The zero-order valence-electron chi connectivity index (χ0n) is 25.4. The number of nitrogens with zero attached hydrogens (tertiary/aromatic N) is 2. The van der Waals surface area contributed by atoms with Gasteiger partial charge in [0.15, 0.2) is 0 Å². The molecule has 6 atom stereocenters. The van der Waals surface area contributed by atoms with Gasteiger partial charge in [-0.05, 0) is 43.4 Å². The van der Waals surface area contributed by atoms with E-state index in [-0.39, 0.29) is 50.4 Å². The maximum atomic E-state index is 14.6. The van der Waals surface area contributed by atoms with E-state index >= 15 is 0 Å². The zero-order valence-corrected chi connectivity index (χ0v) is 26.2. The number of likely N-dealkylation sites (tertiary alicyclic amines) is 1. The maximum Gasteiger partial charge on any atom is 0.313 e. The third-order valence-electron chi connectivity index (χ3n) is 9.24. The van der Waals surface area contributed by atoms with Gasteiger partial charge < -0.3 is 29.7 Å². The van der Waals surface area contributed by atoms with Crippen LogP contribution >= 0.6 is 11.6 Å². The van der Waals surface area contributed by atoms with Gasteiger partial charge in [0, 0.05) is 26.1 Å². The first-order chi connectivity index (χ1) is 22.4. The first kappa shape index (κ1) is 32.0. The molecule has 2 saturated heterocycles. The largest absolute Gasteiger partial charge is 0.455 e. The van der Waals surface area contributed by atoms with E-state index in [1.54, 1.807) is 58.4 Å². The summed E-state index contributed by atoms with van der Waals surface area (Å²) in [6.07, 6.45) is 7.83. The topological polar surface area (TPSA) is 125 Å². The van der Waals surface area contributed by atoms with Crippen LogP contribution in [-0.2, 0) is 28.7 Å². The highest BCUT2D eigenvalue weighted by atomic mass is 35.5. The third-order valence-corrected chi connectivity index (χ3v) is 9.56. The van der Waals surface area contributed by atoms with E-state index in [9.17, 15) is 24.3 Å². The minimum Gasteiger partial charge on any atom is -0.455 e. The number of amides is 3. The van der Waals surface area contributed by atoms with Crippen molar-refractivity contribution in [2.24, 2.45) is 11.8 Å². The number of carbonyl (C=O) groups is 4. The summed E-state index contributed by atoms with van der Waals surface area (Å²) in [6.45, 7) is 0.552. The number of fused-ring (bicyclic) bond motifs is 2. The molecule has 242 valence electrons. The summed E-state index contributed by atoms with van der Waals surface area (Å²) < 4.78 is 12.9. The molecule has 0 radical (unpaired) electrons. The number of nitrogens with one attached hydrogen (secondary N) is 1. The van der Waals surface area contributed by atoms with Crippen molar-refractivity contribution in [1.29, 1.82) is 0 Å². The standard InChI is InChI=1S/C35H38ClN3O7/c36-24-14-5-6-15-25(24)38-20-11-18-35-30(32(42)39(31(35)33(38)43)19-9-2-10-21-40)29-26(46-35)16-7-8-17-28(41)37-22-27(45-34(29)44)23-12-3-1-4-13-23/h1,3-7,11-16,18,26-27,29-31,40H,2,8-10,17,19-22H2,(H,37,41)/b16-7-/t26-,27+,29+,30+,31-,35+/m1/s1. The molecule has 2 fully saturated rings. The Morgan fingerprint density at radius 3 is 2.52 bits per heavy atom. The van der Waals surface area contributed by atoms with Crippen molar-refractivity contribution in [2.75, 3.05) is 31.1 Å². The number of unbranched alkanes of at least 4 members (excludes halogenated alkanes) is 2. The van der Waals surface area contributed by atoms with Crippen LogP contribution in [0.5, 0.6) is 0 Å². The van der Waals surface area contributed by atoms with Gasteiger partial charge in [-0.25, -0.2) is 0 Å². The van der Waals surface area contributed by atoms with Crippen molar-refractivity contribution < 1.29 is 33.8 Å². The Bertz CT molecular complexity index is 1530. The van der Waals surface area contributed by atoms with Gasteiger partial charge in [-0.1, -0.05) is 78.4 Å². The first-order valence-electron chi connectivity index (χ1n) is 15.9. The molecule has 2 aromatic rings. The number of hydrogen-bond acceptors (Lipinski definition) is 7. The Morgan fingerprint density at radius 2 is 1.74 bits per heavy atom. The number of esters is 1. The molecule has 0 aromatic heterocycles. The Labute approximate surface area is 273 Å². The third kappa shape index (κ3) is 5.97. The highest BCUT2D eigenvalue weighted by molar-refractivity contribution is 6.34. The second kappa shape index (κ2) is 13.8. The molecule has 2 aromatic carbocycles. The number of ether oxygens (including phenoxy) is 2. The summed E-state index contributed by atoms with van der Waals surface area (Å²) in [6, 6.07) is 15.1. The smallest absolute Gasteiger partial charge is 0.313 e. The Hall–Kier alpha value is -3.99. The molecule has 1 spiro atoms. The average molecular weight is 648 g/mol. The number of carbonyl (C=O) groups excluding carboxylic acids is 4. The molecular weight excluding hydrogens is 610 g/mol. The number of cyclic esters (lactones) is 1. The summed E-state index contributed by atoms with van der Waals surface area (Å²) >= 11 is 6.55. The Kier molecular flexibility index (Phi) is 9.58. The van der Waals surface area contributed by atoms with E-state index in [2.05, 4.69) is 5.32 Å². The molecule has 6 rings (SSSR count). The highest BCUT2D eigenvalue weighted by Crippen LogP contribution is 2.53. The van der Waals surface area contributed by atoms with Gasteiger partial charge in [-0.2, -0.15) is 0 Å². The first-order valence-corrected chi connectivity index (χ1v) is 16.2. The molecule has 2 N–H and O–H groups in total. The fourth-order valence-electron chi connectivity index (χ4n) is 7.10. The number of aliphatic hydroxyl groups excluding tert-OH is 1. The normalized spacial score (nSPS) is 30.3. The number of allylic oxidation sites excluding steroid dienone is 1. The van der Waals surface area contributed by atoms with Crippen LogP contribution in [0.2, 0.25) is 5.02 Å². The van der Waals surface area contributed by atoms with E-state index < -0.39 is 41.7 Å². The van der Waals surface area contributed by atoms with Crippen molar-refractivity contribution >= 4 is 41.0 Å². The summed E-state index contributed by atoms with van der Waals surface area (Å²) in [5.41, 5.74) is -0.232. The second-order valence-electron chi connectivity index (χ2n) is 12.1. The van der Waals surface area contributed by atoms with Crippen LogP contribution in [-0.4, -0.2) is 77.7 Å². The average Bonchev–Trinajstić information content (AvgIpc) is 3.44. The second-order valence-corrected chi connectivity index (χ2v) is 12.5. The van der Waals surface area contributed by atoms with Gasteiger partial charge in [0.2, 0.25) is 11.8 Å². The Balaban J connectivity index is 1.41. The number of aliphatic hydroxyl groups is 1. The van der Waals surface area contributed by atoms with Gasteiger partial charge in [0.25, 0.3) is 5.91 Å². The predicted molar refractivity (Wildman–Crippen MR) is 171 cm³/mol. The molecule has 0 saturated carbocycles. The molecule has 10 nitrogen and oxygen atoms in total. The van der Waals surface area contributed by atoms with Gasteiger partial charge >= 0.3 is 5.97 Å². The number of anilines is 1.